The number of benzene rings is 3. The second-order valence-corrected chi connectivity index (χ2v) is 9.44. The van der Waals surface area contributed by atoms with E-state index in [1.807, 2.05) is 0 Å². The first-order valence-corrected chi connectivity index (χ1v) is 11.0. The first kappa shape index (κ1) is 24.0. The fourth-order valence-corrected chi connectivity index (χ4v) is 5.09. The van der Waals surface area contributed by atoms with Gasteiger partial charge in [0.25, 0.3) is 5.91 Å². The number of alkyl halides is 3. The van der Waals surface area contributed by atoms with Crippen LogP contribution in [0, 0.1) is 11.3 Å². The number of sulfone groups is 1. The lowest BCUT2D eigenvalue weighted by atomic mass is 10.1. The maximum atomic E-state index is 13.1. The van der Waals surface area contributed by atoms with E-state index in [2.05, 4.69) is 5.32 Å². The van der Waals surface area contributed by atoms with Gasteiger partial charge in [-0.05, 0) is 37.3 Å². The molecule has 0 fully saturated rings. The highest BCUT2D eigenvalue weighted by Gasteiger charge is 2.38. The molecule has 0 heterocycles. The third-order valence-corrected chi connectivity index (χ3v) is 6.83. The number of nitrogens with zero attached hydrogens (tertiary/aromatic N) is 1. The third kappa shape index (κ3) is 4.92. The maximum absolute atomic E-state index is 13.1. The summed E-state index contributed by atoms with van der Waals surface area (Å²) >= 11 is 0. The second-order valence-electron chi connectivity index (χ2n) is 7.49. The fourth-order valence-electron chi connectivity index (χ4n) is 3.27. The molecule has 1 atom stereocenters. The Bertz CT molecular complexity index is 1390. The molecule has 3 aromatic carbocycles. The average Bonchev–Trinajstić information content (AvgIpc) is 2.72. The van der Waals surface area contributed by atoms with Crippen molar-refractivity contribution >= 4 is 32.2 Å². The number of hydrogen-bond acceptors (Lipinski definition) is 6. The number of anilines is 1. The highest BCUT2D eigenvalue weighted by molar-refractivity contribution is 7.91. The number of carbonyl (C=O) groups is 1. The number of aromatic hydroxyl groups is 1. The highest BCUT2D eigenvalue weighted by Crippen LogP contribution is 2.34. The van der Waals surface area contributed by atoms with Crippen LogP contribution < -0.4 is 5.32 Å². The summed E-state index contributed by atoms with van der Waals surface area (Å²) in [5, 5.41) is 31.9. The number of carbonyl (C=O) groups excluding carboxylic acids is 1. The Morgan fingerprint density at radius 2 is 1.73 bits per heavy atom. The van der Waals surface area contributed by atoms with Crippen LogP contribution in [0.25, 0.3) is 10.8 Å². The van der Waals surface area contributed by atoms with Gasteiger partial charge >= 0.3 is 6.18 Å². The lowest BCUT2D eigenvalue weighted by Crippen LogP contribution is -2.45. The van der Waals surface area contributed by atoms with E-state index in [4.69, 9.17) is 5.26 Å². The minimum atomic E-state index is -4.86. The average molecular weight is 478 g/mol. The number of nitrogens with one attached hydrogen (secondary N) is 1. The molecule has 0 radical (unpaired) electrons. The van der Waals surface area contributed by atoms with Crippen LogP contribution in [0.2, 0.25) is 0 Å². The van der Waals surface area contributed by atoms with E-state index in [1.165, 1.54) is 42.5 Å². The summed E-state index contributed by atoms with van der Waals surface area (Å²) in [5.74, 6) is -2.49. The number of nitriles is 1. The van der Waals surface area contributed by atoms with Crippen molar-refractivity contribution in [3.8, 4) is 11.8 Å². The molecule has 0 saturated carbocycles. The number of amides is 1. The monoisotopic (exact) mass is 478 g/mol. The van der Waals surface area contributed by atoms with Gasteiger partial charge in [-0.3, -0.25) is 4.79 Å². The van der Waals surface area contributed by atoms with Crippen LogP contribution in [0.4, 0.5) is 18.9 Å². The number of hydrogen-bond donors (Lipinski definition) is 3. The standard InChI is InChI=1S/C22H17F3N2O5S/c1-21(30,20(29)27-14-9-8-13(11-26)17(10-14)22(23,24)25)12-33(31,32)19-7-3-4-15-16(19)5-2-6-18(15)28/h2-10,28,30H,12H2,1H3,(H,27,29). The van der Waals surface area contributed by atoms with Crippen LogP contribution >= 0.6 is 0 Å². The maximum Gasteiger partial charge on any atom is 0.417 e. The number of aliphatic hydroxyl groups is 1. The van der Waals surface area contributed by atoms with E-state index in [-0.39, 0.29) is 27.1 Å². The van der Waals surface area contributed by atoms with Crippen LogP contribution in [0.15, 0.2) is 59.5 Å². The first-order valence-electron chi connectivity index (χ1n) is 9.35. The molecule has 33 heavy (non-hydrogen) atoms. The van der Waals surface area contributed by atoms with Gasteiger partial charge < -0.3 is 15.5 Å². The lowest BCUT2D eigenvalue weighted by Gasteiger charge is -2.23. The summed E-state index contributed by atoms with van der Waals surface area (Å²) in [6.07, 6.45) is -4.86. The molecular formula is C22H17F3N2O5S. The van der Waals surface area contributed by atoms with Gasteiger partial charge in [-0.1, -0.05) is 24.3 Å². The van der Waals surface area contributed by atoms with E-state index < -0.39 is 44.4 Å². The molecule has 7 nitrogen and oxygen atoms in total. The normalized spacial score (nSPS) is 13.8. The molecule has 3 rings (SSSR count). The van der Waals surface area contributed by atoms with Crippen LogP contribution in [0.3, 0.4) is 0 Å². The summed E-state index contributed by atoms with van der Waals surface area (Å²) in [5.41, 5.74) is -4.84. The minimum Gasteiger partial charge on any atom is -0.507 e. The van der Waals surface area contributed by atoms with Crippen LogP contribution in [-0.4, -0.2) is 35.9 Å². The van der Waals surface area contributed by atoms with Gasteiger partial charge in [0.2, 0.25) is 0 Å². The van der Waals surface area contributed by atoms with Crippen molar-refractivity contribution in [2.24, 2.45) is 0 Å². The van der Waals surface area contributed by atoms with Crippen LogP contribution in [-0.2, 0) is 20.8 Å². The molecule has 0 aliphatic rings. The summed E-state index contributed by atoms with van der Waals surface area (Å²) in [6.45, 7) is 0.913. The van der Waals surface area contributed by atoms with E-state index in [1.54, 1.807) is 0 Å². The van der Waals surface area contributed by atoms with Gasteiger partial charge in [0.15, 0.2) is 15.4 Å². The molecule has 3 N–H and O–H groups in total. The van der Waals surface area contributed by atoms with Crippen molar-refractivity contribution in [3.63, 3.8) is 0 Å². The molecular weight excluding hydrogens is 461 g/mol. The summed E-state index contributed by atoms with van der Waals surface area (Å²) in [7, 11) is -4.29. The Morgan fingerprint density at radius 3 is 2.36 bits per heavy atom. The molecule has 0 spiro atoms. The SMILES string of the molecule is CC(O)(CS(=O)(=O)c1cccc2c(O)cccc12)C(=O)Nc1ccc(C#N)c(C(F)(F)F)c1. The van der Waals surface area contributed by atoms with Crippen molar-refractivity contribution in [3.05, 3.63) is 65.7 Å². The van der Waals surface area contributed by atoms with Gasteiger partial charge in [-0.2, -0.15) is 18.4 Å². The number of phenols is 1. The molecule has 0 bridgehead atoms. The molecule has 0 aromatic heterocycles. The number of rotatable bonds is 5. The van der Waals surface area contributed by atoms with Gasteiger partial charge in [0.05, 0.1) is 27.8 Å². The van der Waals surface area contributed by atoms with Gasteiger partial charge in [-0.25, -0.2) is 8.42 Å². The third-order valence-electron chi connectivity index (χ3n) is 4.86. The molecule has 0 saturated heterocycles. The van der Waals surface area contributed by atoms with Gasteiger partial charge in [0.1, 0.15) is 5.75 Å². The first-order chi connectivity index (χ1) is 15.3. The van der Waals surface area contributed by atoms with Crippen molar-refractivity contribution in [2.75, 3.05) is 11.1 Å². The van der Waals surface area contributed by atoms with Gasteiger partial charge in [0, 0.05) is 16.5 Å². The quantitative estimate of drug-likeness (QED) is 0.514. The Hall–Kier alpha value is -3.62. The van der Waals surface area contributed by atoms with Gasteiger partial charge in [-0.15, -0.1) is 0 Å². The number of halogens is 3. The Labute approximate surface area is 186 Å². The van der Waals surface area contributed by atoms with Crippen LogP contribution in [0.5, 0.6) is 5.75 Å². The fraction of sp³-hybridized carbons (Fsp3) is 0.182. The molecule has 3 aromatic rings. The van der Waals surface area contributed by atoms with E-state index in [0.717, 1.165) is 19.1 Å². The van der Waals surface area contributed by atoms with Crippen molar-refractivity contribution < 1.29 is 36.6 Å². The summed E-state index contributed by atoms with van der Waals surface area (Å²) in [6, 6.07) is 12.2. The summed E-state index contributed by atoms with van der Waals surface area (Å²) in [4.78, 5) is 12.3. The zero-order valence-electron chi connectivity index (χ0n) is 17.0. The van der Waals surface area contributed by atoms with Crippen molar-refractivity contribution in [2.45, 2.75) is 23.6 Å². The minimum absolute atomic E-state index is 0.157. The van der Waals surface area contributed by atoms with E-state index in [0.29, 0.717) is 6.07 Å². The molecule has 1 amide bonds. The predicted molar refractivity (Wildman–Crippen MR) is 113 cm³/mol. The Kier molecular flexibility index (Phi) is 6.10. The van der Waals surface area contributed by atoms with Crippen molar-refractivity contribution in [1.29, 1.82) is 5.26 Å². The predicted octanol–water partition coefficient (Wildman–Crippen LogP) is 3.60. The molecule has 1 unspecified atom stereocenters. The summed E-state index contributed by atoms with van der Waals surface area (Å²) < 4.78 is 65.4. The number of fused-ring (bicyclic) bond motifs is 1. The van der Waals surface area contributed by atoms with Crippen LogP contribution in [0.1, 0.15) is 18.1 Å². The molecule has 0 aliphatic heterocycles. The van der Waals surface area contributed by atoms with E-state index >= 15 is 0 Å². The molecule has 172 valence electrons. The smallest absolute Gasteiger partial charge is 0.417 e. The van der Waals surface area contributed by atoms with Crippen molar-refractivity contribution in [1.82, 2.24) is 0 Å². The zero-order chi connectivity index (χ0) is 24.6. The largest absolute Gasteiger partial charge is 0.507 e. The molecule has 11 heteroatoms. The second kappa shape index (κ2) is 8.38. The Balaban J connectivity index is 1.90. The zero-order valence-corrected chi connectivity index (χ0v) is 17.8. The topological polar surface area (TPSA) is 127 Å². The highest BCUT2D eigenvalue weighted by atomic mass is 32.2. The Morgan fingerprint density at radius 1 is 1.09 bits per heavy atom. The lowest BCUT2D eigenvalue weighted by molar-refractivity contribution is -0.137. The number of phenolic OH excluding ortho intramolecular Hbond substituents is 1. The molecule has 0 aliphatic carbocycles. The van der Waals surface area contributed by atoms with E-state index in [9.17, 15) is 36.6 Å².